The second kappa shape index (κ2) is 9.41. The van der Waals surface area contributed by atoms with E-state index in [0.717, 1.165) is 30.6 Å². The normalized spacial score (nSPS) is 34.0. The van der Waals surface area contributed by atoms with Crippen LogP contribution in [0.15, 0.2) is 0 Å². The van der Waals surface area contributed by atoms with Crippen LogP contribution in [0.4, 0.5) is 0 Å². The van der Waals surface area contributed by atoms with Crippen molar-refractivity contribution >= 4 is 5.97 Å². The maximum absolute atomic E-state index is 10.3. The van der Waals surface area contributed by atoms with Crippen molar-refractivity contribution < 1.29 is 9.90 Å². The molecule has 0 saturated heterocycles. The van der Waals surface area contributed by atoms with Crippen molar-refractivity contribution in [2.75, 3.05) is 0 Å². The molecule has 0 unspecified atom stereocenters. The molecule has 0 radical (unpaired) electrons. The Balaban J connectivity index is 0.000000204. The van der Waals surface area contributed by atoms with Gasteiger partial charge in [0.15, 0.2) is 0 Å². The van der Waals surface area contributed by atoms with E-state index in [4.69, 9.17) is 5.11 Å². The Morgan fingerprint density at radius 2 is 1.25 bits per heavy atom. The zero-order chi connectivity index (χ0) is 15.0. The van der Waals surface area contributed by atoms with Crippen LogP contribution in [0.1, 0.15) is 85.0 Å². The van der Waals surface area contributed by atoms with Crippen molar-refractivity contribution in [3.8, 4) is 0 Å². The first-order valence-electron chi connectivity index (χ1n) is 8.73. The lowest BCUT2D eigenvalue weighted by molar-refractivity contribution is -0.138. The molecule has 2 aliphatic carbocycles. The van der Waals surface area contributed by atoms with Crippen molar-refractivity contribution in [1.82, 2.24) is 0 Å². The van der Waals surface area contributed by atoms with Gasteiger partial charge in [0.05, 0.1) is 0 Å². The molecule has 2 heteroatoms. The number of hydrogen-bond donors (Lipinski definition) is 1. The van der Waals surface area contributed by atoms with Gasteiger partial charge in [0.25, 0.3) is 0 Å². The molecule has 0 spiro atoms. The van der Waals surface area contributed by atoms with Gasteiger partial charge in [-0.2, -0.15) is 0 Å². The first-order valence-corrected chi connectivity index (χ1v) is 8.73. The van der Waals surface area contributed by atoms with Gasteiger partial charge < -0.3 is 5.11 Å². The van der Waals surface area contributed by atoms with Gasteiger partial charge in [-0.1, -0.05) is 65.7 Å². The van der Waals surface area contributed by atoms with Crippen LogP contribution in [-0.2, 0) is 4.79 Å². The molecule has 2 fully saturated rings. The maximum atomic E-state index is 10.3. The molecule has 2 rings (SSSR count). The van der Waals surface area contributed by atoms with Gasteiger partial charge in [0.1, 0.15) is 0 Å². The van der Waals surface area contributed by atoms with E-state index in [-0.39, 0.29) is 0 Å². The molecule has 2 nitrogen and oxygen atoms in total. The standard InChI is InChI=1S/C9H16O2.C9H18/c1-7-2-4-8(5-3-7)6-9(10)11;1-3-9-6-4-8(2)5-7-9/h7-8H,2-6H2,1H3,(H,10,11);8-9H,3-7H2,1-2H3. The van der Waals surface area contributed by atoms with Gasteiger partial charge in [-0.05, 0) is 36.5 Å². The van der Waals surface area contributed by atoms with Crippen LogP contribution in [0, 0.1) is 23.7 Å². The number of aliphatic carboxylic acids is 1. The van der Waals surface area contributed by atoms with Crippen molar-refractivity contribution in [2.45, 2.75) is 85.0 Å². The van der Waals surface area contributed by atoms with E-state index >= 15 is 0 Å². The second-order valence-electron chi connectivity index (χ2n) is 7.26. The molecular weight excluding hydrogens is 248 g/mol. The third-order valence-corrected chi connectivity index (χ3v) is 5.31. The lowest BCUT2D eigenvalue weighted by Gasteiger charge is -2.24. The fourth-order valence-electron chi connectivity index (χ4n) is 3.52. The molecule has 0 heterocycles. The summed E-state index contributed by atoms with van der Waals surface area (Å²) in [4.78, 5) is 10.3. The summed E-state index contributed by atoms with van der Waals surface area (Å²) in [5.41, 5.74) is 0. The van der Waals surface area contributed by atoms with Crippen molar-refractivity contribution in [3.05, 3.63) is 0 Å². The Bertz CT molecular complexity index is 259. The summed E-state index contributed by atoms with van der Waals surface area (Å²) >= 11 is 0. The highest BCUT2D eigenvalue weighted by molar-refractivity contribution is 5.67. The third-order valence-electron chi connectivity index (χ3n) is 5.31. The van der Waals surface area contributed by atoms with Gasteiger partial charge in [-0.15, -0.1) is 0 Å². The fourth-order valence-corrected chi connectivity index (χ4v) is 3.52. The molecule has 118 valence electrons. The zero-order valence-electron chi connectivity index (χ0n) is 13.7. The van der Waals surface area contributed by atoms with Crippen LogP contribution in [0.25, 0.3) is 0 Å². The molecule has 0 aromatic carbocycles. The van der Waals surface area contributed by atoms with Crippen molar-refractivity contribution in [1.29, 1.82) is 0 Å². The lowest BCUT2D eigenvalue weighted by Crippen LogP contribution is -2.15. The average Bonchev–Trinajstić information content (AvgIpc) is 2.43. The Kier molecular flexibility index (Phi) is 8.25. The molecule has 0 aromatic heterocycles. The van der Waals surface area contributed by atoms with Crippen molar-refractivity contribution in [3.63, 3.8) is 0 Å². The van der Waals surface area contributed by atoms with E-state index in [1.54, 1.807) is 0 Å². The number of rotatable bonds is 3. The smallest absolute Gasteiger partial charge is 0.303 e. The van der Waals surface area contributed by atoms with Gasteiger partial charge in [-0.3, -0.25) is 4.79 Å². The summed E-state index contributed by atoms with van der Waals surface area (Å²) in [5, 5.41) is 8.53. The Hall–Kier alpha value is -0.530. The molecule has 0 atom stereocenters. The van der Waals surface area contributed by atoms with Crippen LogP contribution in [-0.4, -0.2) is 11.1 Å². The number of carbonyl (C=O) groups is 1. The van der Waals surface area contributed by atoms with E-state index in [1.165, 1.54) is 44.9 Å². The Morgan fingerprint density at radius 1 is 0.850 bits per heavy atom. The summed E-state index contributed by atoms with van der Waals surface area (Å²) in [6.07, 6.45) is 12.4. The van der Waals surface area contributed by atoms with Crippen LogP contribution < -0.4 is 0 Å². The summed E-state index contributed by atoms with van der Waals surface area (Å²) in [6, 6.07) is 0. The molecule has 20 heavy (non-hydrogen) atoms. The summed E-state index contributed by atoms with van der Waals surface area (Å²) in [5.74, 6) is 2.74. The minimum Gasteiger partial charge on any atom is -0.481 e. The molecule has 0 amide bonds. The topological polar surface area (TPSA) is 37.3 Å². The van der Waals surface area contributed by atoms with Crippen molar-refractivity contribution in [2.24, 2.45) is 23.7 Å². The van der Waals surface area contributed by atoms with E-state index in [0.29, 0.717) is 12.3 Å². The molecular formula is C18H34O2. The predicted molar refractivity (Wildman–Crippen MR) is 84.8 cm³/mol. The second-order valence-corrected chi connectivity index (χ2v) is 7.26. The fraction of sp³-hybridized carbons (Fsp3) is 0.944. The summed E-state index contributed by atoms with van der Waals surface area (Å²) < 4.78 is 0. The van der Waals surface area contributed by atoms with Gasteiger partial charge in [-0.25, -0.2) is 0 Å². The predicted octanol–water partition coefficient (Wildman–Crippen LogP) is 5.51. The van der Waals surface area contributed by atoms with Gasteiger partial charge in [0.2, 0.25) is 0 Å². The summed E-state index contributed by atoms with van der Waals surface area (Å²) in [7, 11) is 0. The van der Waals surface area contributed by atoms with Crippen LogP contribution in [0.5, 0.6) is 0 Å². The Labute approximate surface area is 125 Å². The molecule has 0 aromatic rings. The van der Waals surface area contributed by atoms with Gasteiger partial charge >= 0.3 is 5.97 Å². The van der Waals surface area contributed by atoms with E-state index in [2.05, 4.69) is 20.8 Å². The van der Waals surface area contributed by atoms with E-state index in [1.807, 2.05) is 0 Å². The minimum atomic E-state index is -0.635. The Morgan fingerprint density at radius 3 is 1.60 bits per heavy atom. The number of carboxylic acid groups (broad SMARTS) is 1. The van der Waals surface area contributed by atoms with Crippen LogP contribution in [0.3, 0.4) is 0 Å². The number of hydrogen-bond acceptors (Lipinski definition) is 1. The monoisotopic (exact) mass is 282 g/mol. The largest absolute Gasteiger partial charge is 0.481 e. The minimum absolute atomic E-state index is 0.382. The first-order chi connectivity index (χ1) is 9.51. The molecule has 1 N–H and O–H groups in total. The molecule has 2 aliphatic rings. The third kappa shape index (κ3) is 7.31. The van der Waals surface area contributed by atoms with Crippen LogP contribution >= 0.6 is 0 Å². The summed E-state index contributed by atoms with van der Waals surface area (Å²) in [6.45, 7) is 6.95. The first kappa shape index (κ1) is 17.5. The lowest BCUT2D eigenvalue weighted by atomic mass is 9.81. The van der Waals surface area contributed by atoms with Gasteiger partial charge in [0, 0.05) is 6.42 Å². The highest BCUT2D eigenvalue weighted by Gasteiger charge is 2.20. The quantitative estimate of drug-likeness (QED) is 0.741. The highest BCUT2D eigenvalue weighted by Crippen LogP contribution is 2.30. The molecule has 2 saturated carbocycles. The van der Waals surface area contributed by atoms with E-state index < -0.39 is 5.97 Å². The highest BCUT2D eigenvalue weighted by atomic mass is 16.4. The SMILES string of the molecule is CC1CCC(CC(=O)O)CC1.CCC1CCC(C)CC1. The molecule has 0 bridgehead atoms. The molecule has 0 aliphatic heterocycles. The number of carboxylic acids is 1. The van der Waals surface area contributed by atoms with E-state index in [9.17, 15) is 4.79 Å². The zero-order valence-corrected chi connectivity index (χ0v) is 13.7. The van der Waals surface area contributed by atoms with Crippen LogP contribution in [0.2, 0.25) is 0 Å². The maximum Gasteiger partial charge on any atom is 0.303 e. The average molecular weight is 282 g/mol.